The number of esters is 1. The maximum Gasteiger partial charge on any atom is 0.309 e. The quantitative estimate of drug-likeness (QED) is 0.105. The highest BCUT2D eigenvalue weighted by Crippen LogP contribution is 2.45. The Hall–Kier alpha value is -3.61. The van der Waals surface area contributed by atoms with Crippen molar-refractivity contribution in [2.24, 2.45) is 23.7 Å². The Morgan fingerprint density at radius 3 is 2.21 bits per heavy atom. The second-order valence-electron chi connectivity index (χ2n) is 23.4. The maximum absolute atomic E-state index is 15.0. The number of rotatable bonds is 16. The minimum absolute atomic E-state index is 0.146. The molecule has 1 unspecified atom stereocenters. The lowest BCUT2D eigenvalue weighted by molar-refractivity contribution is -0.302. The molecule has 0 amide bonds. The third-order valence-corrected chi connectivity index (χ3v) is 17.4. The summed E-state index contributed by atoms with van der Waals surface area (Å²) in [5, 5.41) is 78.5. The fraction of sp³-hybridized carbons (Fsp3) is 0.754. The smallest absolute Gasteiger partial charge is 0.309 e. The zero-order valence-corrected chi connectivity index (χ0v) is 47.9. The second-order valence-corrected chi connectivity index (χ2v) is 23.4. The zero-order valence-electron chi connectivity index (χ0n) is 47.9. The van der Waals surface area contributed by atoms with Gasteiger partial charge in [-0.05, 0) is 104 Å². The molecule has 20 atom stereocenters. The molecule has 0 aliphatic carbocycles. The van der Waals surface area contributed by atoms with Gasteiger partial charge in [0.25, 0.3) is 0 Å². The van der Waals surface area contributed by atoms with Gasteiger partial charge in [0.15, 0.2) is 6.29 Å². The van der Waals surface area contributed by atoms with E-state index in [1.165, 1.54) is 25.8 Å². The van der Waals surface area contributed by atoms with Crippen LogP contribution < -0.4 is 0 Å². The normalized spacial score (nSPS) is 38.2. The van der Waals surface area contributed by atoms with Gasteiger partial charge in [-0.15, -0.1) is 5.10 Å². The molecule has 3 aliphatic heterocycles. The van der Waals surface area contributed by atoms with Gasteiger partial charge in [0, 0.05) is 76.1 Å². The van der Waals surface area contributed by atoms with Crippen molar-refractivity contribution in [3.05, 3.63) is 65.7 Å². The van der Waals surface area contributed by atoms with Crippen molar-refractivity contribution in [2.45, 2.75) is 204 Å². The van der Waals surface area contributed by atoms with Gasteiger partial charge in [0.2, 0.25) is 0 Å². The number of pyridine rings is 1. The van der Waals surface area contributed by atoms with Gasteiger partial charge in [0.05, 0.1) is 59.5 Å². The maximum atomic E-state index is 15.0. The number of hydrogen-bond donors (Lipinski definition) is 6. The third-order valence-electron chi connectivity index (χ3n) is 17.4. The average molecular weight is 1090 g/mol. The molecule has 6 N–H and O–H groups in total. The first-order valence-corrected chi connectivity index (χ1v) is 27.5. The summed E-state index contributed by atoms with van der Waals surface area (Å²) in [6, 6.07) is 9.35. The van der Waals surface area contributed by atoms with Crippen LogP contribution in [0.2, 0.25) is 0 Å². The van der Waals surface area contributed by atoms with Gasteiger partial charge >= 0.3 is 5.97 Å². The van der Waals surface area contributed by atoms with Crippen molar-refractivity contribution in [3.8, 4) is 11.1 Å². The molecule has 3 fully saturated rings. The minimum Gasteiger partial charge on any atom is -0.459 e. The van der Waals surface area contributed by atoms with E-state index in [2.05, 4.69) is 15.3 Å². The summed E-state index contributed by atoms with van der Waals surface area (Å²) in [5.41, 5.74) is -0.840. The number of alkyl halides is 1. The highest BCUT2D eigenvalue weighted by Gasteiger charge is 2.55. The van der Waals surface area contributed by atoms with Crippen molar-refractivity contribution >= 4 is 5.97 Å². The van der Waals surface area contributed by atoms with Crippen LogP contribution in [0.1, 0.15) is 124 Å². The molecule has 3 aromatic rings. The van der Waals surface area contributed by atoms with Gasteiger partial charge in [0.1, 0.15) is 48.8 Å². The van der Waals surface area contributed by atoms with Crippen LogP contribution in [0.15, 0.2) is 48.8 Å². The van der Waals surface area contributed by atoms with Gasteiger partial charge in [-0.2, -0.15) is 0 Å². The number of aliphatic hydroxyl groups is 6. The summed E-state index contributed by atoms with van der Waals surface area (Å²) in [6.45, 7) is 17.7. The van der Waals surface area contributed by atoms with Crippen molar-refractivity contribution in [1.29, 1.82) is 0 Å². The number of methoxy groups -OCH3 is 2. The molecule has 77 heavy (non-hydrogen) atoms. The Bertz CT molecular complexity index is 2310. The molecule has 1 aromatic carbocycles. The first-order chi connectivity index (χ1) is 36.2. The molecule has 5 heterocycles. The number of carbonyl (C=O) groups is 1. The number of carbonyl (C=O) groups excluding carboxylic acids is 1. The Labute approximate surface area is 455 Å². The molecule has 2 aromatic heterocycles. The van der Waals surface area contributed by atoms with Gasteiger partial charge in [-0.1, -0.05) is 63.2 Å². The molecule has 0 bridgehead atoms. The number of nitrogens with zero attached hydrogens (tertiary/aromatic N) is 6. The van der Waals surface area contributed by atoms with E-state index in [0.29, 0.717) is 37.3 Å². The molecular weight excluding hydrogens is 996 g/mol. The number of aromatic nitrogens is 4. The van der Waals surface area contributed by atoms with Crippen LogP contribution in [0.4, 0.5) is 4.39 Å². The molecule has 0 radical (unpaired) electrons. The molecular formula is C57H91FN6O13. The van der Waals surface area contributed by atoms with E-state index >= 15 is 0 Å². The number of hydrogen-bond acceptors (Lipinski definition) is 18. The van der Waals surface area contributed by atoms with Crippen LogP contribution in [0.3, 0.4) is 0 Å². The predicted molar refractivity (Wildman–Crippen MR) is 286 cm³/mol. The SMILES string of the molecule is CC[C@H]1OC(=O)[C@H](C)C([C@H]2C[C@@](C)(OC)[C@@H](O)[C@H](C)O2)[C@H](C)[C@@H](O[C@@H]2O[C@H](C)C[C@H](N(C)CCc3cn([C@H](CF)[C@H](OC)c4ccc(-c5ccc(CO)nc5)cc4)nn3)[C@H]2O)[C@](C)(O)C[C@@H](C)CN(C)[C@H](C)[C@@H](O)[C@]1(C)O. The number of cyclic esters (lactones) is 1. The van der Waals surface area contributed by atoms with E-state index in [1.807, 2.05) is 75.0 Å². The van der Waals surface area contributed by atoms with E-state index < -0.39 is 127 Å². The van der Waals surface area contributed by atoms with Crippen molar-refractivity contribution in [1.82, 2.24) is 29.8 Å². The fourth-order valence-electron chi connectivity index (χ4n) is 12.6. The third kappa shape index (κ3) is 14.1. The number of aliphatic hydroxyl groups excluding tert-OH is 4. The lowest BCUT2D eigenvalue weighted by Crippen LogP contribution is -2.62. The molecule has 20 heteroatoms. The summed E-state index contributed by atoms with van der Waals surface area (Å²) in [7, 11) is 6.78. The summed E-state index contributed by atoms with van der Waals surface area (Å²) in [6.07, 6.45) is -4.69. The molecule has 19 nitrogen and oxygen atoms in total. The fourth-order valence-corrected chi connectivity index (χ4v) is 12.6. The van der Waals surface area contributed by atoms with E-state index in [-0.39, 0.29) is 31.8 Å². The Balaban J connectivity index is 1.25. The summed E-state index contributed by atoms with van der Waals surface area (Å²) in [4.78, 5) is 22.9. The highest BCUT2D eigenvalue weighted by molar-refractivity contribution is 5.73. The van der Waals surface area contributed by atoms with E-state index in [9.17, 15) is 39.8 Å². The van der Waals surface area contributed by atoms with E-state index in [0.717, 1.165) is 16.7 Å². The largest absolute Gasteiger partial charge is 0.459 e. The van der Waals surface area contributed by atoms with Crippen molar-refractivity contribution in [3.63, 3.8) is 0 Å². The lowest BCUT2D eigenvalue weighted by atomic mass is 9.68. The highest BCUT2D eigenvalue weighted by atomic mass is 19.1. The van der Waals surface area contributed by atoms with Crippen LogP contribution in [-0.2, 0) is 46.2 Å². The number of benzene rings is 1. The minimum atomic E-state index is -1.84. The monoisotopic (exact) mass is 1090 g/mol. The Morgan fingerprint density at radius 2 is 1.61 bits per heavy atom. The van der Waals surface area contributed by atoms with Gasteiger partial charge < -0.3 is 68.9 Å². The van der Waals surface area contributed by atoms with Crippen molar-refractivity contribution < 1.29 is 68.2 Å². The zero-order chi connectivity index (χ0) is 56.9. The first-order valence-electron chi connectivity index (χ1n) is 27.5. The Kier molecular flexibility index (Phi) is 21.4. The molecule has 0 spiro atoms. The standard InChI is InChI=1S/C57H91FN6O13/c1-15-46-57(10,71)50(67)36(6)63(12)29-32(2)25-55(8,70)52(34(4)47(35(5)53(69)76-46)45-26-56(9,73-14)51(68)37(7)75-45)77-54-48(66)43(24-33(3)74-54)62(11)23-22-41-30-64(61-60-41)44(27-58)49(72-13)39-18-16-38(17-19-39)40-20-21-42(31-65)59-28-40/h16-21,28,30,32-37,43-52,54,65-68,70-71H,15,22-27,29,31H2,1-14H3/t32-,33-,34+,35-,36-,37+,43+,44-,45-,46-,47?,48-,49-,50-,51+,52-,54+,55-,56-,57-/m1/s1. The van der Waals surface area contributed by atoms with Crippen LogP contribution in [0.25, 0.3) is 11.1 Å². The van der Waals surface area contributed by atoms with E-state index in [4.69, 9.17) is 28.4 Å². The second kappa shape index (κ2) is 26.3. The van der Waals surface area contributed by atoms with Gasteiger partial charge in [-0.25, -0.2) is 9.07 Å². The number of likely N-dealkylation sites (N-methyl/N-ethyl adjacent to an activating group) is 2. The van der Waals surface area contributed by atoms with Crippen molar-refractivity contribution in [2.75, 3.05) is 48.1 Å². The molecule has 6 rings (SSSR count). The summed E-state index contributed by atoms with van der Waals surface area (Å²) in [5.74, 6) is -3.29. The topological polar surface area (TPSA) is 244 Å². The van der Waals surface area contributed by atoms with Crippen LogP contribution in [0, 0.1) is 23.7 Å². The van der Waals surface area contributed by atoms with Crippen LogP contribution in [-0.4, -0.2) is 198 Å². The van der Waals surface area contributed by atoms with Crippen LogP contribution >= 0.6 is 0 Å². The molecule has 3 saturated heterocycles. The number of halogens is 1. The Morgan fingerprint density at radius 1 is 0.935 bits per heavy atom. The molecule has 434 valence electrons. The predicted octanol–water partition coefficient (Wildman–Crippen LogP) is 4.83. The van der Waals surface area contributed by atoms with Crippen LogP contribution in [0.5, 0.6) is 0 Å². The van der Waals surface area contributed by atoms with E-state index in [1.54, 1.807) is 60.0 Å². The molecule has 0 saturated carbocycles. The molecule has 3 aliphatic rings. The number of ether oxygens (including phenoxy) is 6. The first kappa shape index (κ1) is 62.6. The average Bonchev–Trinajstić information content (AvgIpc) is 3.87. The lowest BCUT2D eigenvalue weighted by Gasteiger charge is -2.51. The summed E-state index contributed by atoms with van der Waals surface area (Å²) < 4.78 is 54.6. The van der Waals surface area contributed by atoms with Gasteiger partial charge in [-0.3, -0.25) is 9.78 Å². The summed E-state index contributed by atoms with van der Waals surface area (Å²) >= 11 is 0.